The molecule has 0 saturated carbocycles. The van der Waals surface area contributed by atoms with E-state index >= 15 is 0 Å². The number of hydrogen-bond acceptors (Lipinski definition) is 4. The zero-order valence-electron chi connectivity index (χ0n) is 6.82. The summed E-state index contributed by atoms with van der Waals surface area (Å²) < 4.78 is 0. The van der Waals surface area contributed by atoms with Crippen LogP contribution in [0.3, 0.4) is 0 Å². The molecule has 0 unspecified atom stereocenters. The smallest absolute Gasteiger partial charge is 0.229 e. The molecule has 13 heavy (non-hydrogen) atoms. The highest BCUT2D eigenvalue weighted by Gasteiger charge is 1.89. The van der Waals surface area contributed by atoms with Gasteiger partial charge in [-0.3, -0.25) is 4.79 Å². The topological polar surface area (TPSA) is 94.9 Å². The van der Waals surface area contributed by atoms with Crippen molar-refractivity contribution in [1.82, 2.24) is 9.97 Å². The number of aromatic nitrogens is 2. The molecule has 5 nitrogen and oxygen atoms in total. The molecular formula is C8H8N4O. The molecule has 5 heteroatoms. The van der Waals surface area contributed by atoms with Gasteiger partial charge < -0.3 is 11.5 Å². The number of primary amides is 1. The highest BCUT2D eigenvalue weighted by Crippen LogP contribution is 1.93. The first-order chi connectivity index (χ1) is 6.18. The highest BCUT2D eigenvalue weighted by atomic mass is 16.1. The molecule has 0 bridgehead atoms. The van der Waals surface area contributed by atoms with E-state index in [1.807, 2.05) is 0 Å². The van der Waals surface area contributed by atoms with Crippen molar-refractivity contribution in [3.05, 3.63) is 18.0 Å². The third-order valence-electron chi connectivity index (χ3n) is 1.17. The van der Waals surface area contributed by atoms with Crippen LogP contribution in [0.2, 0.25) is 0 Å². The van der Waals surface area contributed by atoms with Gasteiger partial charge in [0.25, 0.3) is 0 Å². The number of hydrogen-bond donors (Lipinski definition) is 2. The van der Waals surface area contributed by atoms with Crippen molar-refractivity contribution in [2.45, 2.75) is 6.42 Å². The average Bonchev–Trinajstić information content (AvgIpc) is 2.08. The van der Waals surface area contributed by atoms with Gasteiger partial charge in [-0.25, -0.2) is 9.97 Å². The maximum atomic E-state index is 10.3. The van der Waals surface area contributed by atoms with Crippen LogP contribution in [0, 0.1) is 11.8 Å². The number of nitrogens with zero attached hydrogens (tertiary/aromatic N) is 2. The molecule has 0 spiro atoms. The third-order valence-corrected chi connectivity index (χ3v) is 1.17. The van der Waals surface area contributed by atoms with Gasteiger partial charge in [0.15, 0.2) is 0 Å². The lowest BCUT2D eigenvalue weighted by Crippen LogP contribution is -2.08. The summed E-state index contributed by atoms with van der Waals surface area (Å²) in [7, 11) is 0. The monoisotopic (exact) mass is 176 g/mol. The van der Waals surface area contributed by atoms with Gasteiger partial charge in [-0.1, -0.05) is 11.8 Å². The van der Waals surface area contributed by atoms with Crippen LogP contribution in [-0.4, -0.2) is 15.9 Å². The lowest BCUT2D eigenvalue weighted by molar-refractivity contribution is -0.117. The SMILES string of the molecule is NC(=O)CC#Cc1cnc(N)nc1. The first-order valence-corrected chi connectivity index (χ1v) is 3.53. The molecule has 1 aromatic rings. The zero-order chi connectivity index (χ0) is 9.68. The normalized spacial score (nSPS) is 8.62. The maximum Gasteiger partial charge on any atom is 0.229 e. The van der Waals surface area contributed by atoms with Crippen LogP contribution < -0.4 is 11.5 Å². The number of carbonyl (C=O) groups is 1. The molecule has 0 saturated heterocycles. The Morgan fingerprint density at radius 3 is 2.62 bits per heavy atom. The second-order valence-corrected chi connectivity index (χ2v) is 2.27. The Hall–Kier alpha value is -2.09. The van der Waals surface area contributed by atoms with Crippen LogP contribution in [0.15, 0.2) is 12.4 Å². The molecule has 0 aromatic carbocycles. The minimum atomic E-state index is -0.455. The van der Waals surface area contributed by atoms with E-state index in [2.05, 4.69) is 21.8 Å². The summed E-state index contributed by atoms with van der Waals surface area (Å²) >= 11 is 0. The Labute approximate surface area is 75.2 Å². The Kier molecular flexibility index (Phi) is 2.82. The molecule has 1 amide bonds. The predicted octanol–water partition coefficient (Wildman–Crippen LogP) is -0.714. The number of rotatable bonds is 1. The summed E-state index contributed by atoms with van der Waals surface area (Å²) in [5.74, 6) is 4.99. The molecule has 1 rings (SSSR count). The summed E-state index contributed by atoms with van der Waals surface area (Å²) in [5.41, 5.74) is 10.8. The first kappa shape index (κ1) is 9.00. The average molecular weight is 176 g/mol. The van der Waals surface area contributed by atoms with E-state index < -0.39 is 5.91 Å². The molecule has 0 atom stereocenters. The molecule has 4 N–H and O–H groups in total. The van der Waals surface area contributed by atoms with Crippen LogP contribution >= 0.6 is 0 Å². The van der Waals surface area contributed by atoms with Crippen molar-refractivity contribution >= 4 is 11.9 Å². The van der Waals surface area contributed by atoms with Gasteiger partial charge in [-0.2, -0.15) is 0 Å². The fraction of sp³-hybridized carbons (Fsp3) is 0.125. The first-order valence-electron chi connectivity index (χ1n) is 3.53. The van der Waals surface area contributed by atoms with Crippen molar-refractivity contribution in [2.75, 3.05) is 5.73 Å². The van der Waals surface area contributed by atoms with E-state index in [0.29, 0.717) is 5.56 Å². The van der Waals surface area contributed by atoms with Crippen LogP contribution in [-0.2, 0) is 4.79 Å². The molecule has 66 valence electrons. The van der Waals surface area contributed by atoms with E-state index in [1.165, 1.54) is 12.4 Å². The van der Waals surface area contributed by atoms with Crippen LogP contribution in [0.4, 0.5) is 5.95 Å². The Bertz CT molecular complexity index is 360. The Morgan fingerprint density at radius 2 is 2.08 bits per heavy atom. The van der Waals surface area contributed by atoms with Crippen LogP contribution in [0.5, 0.6) is 0 Å². The van der Waals surface area contributed by atoms with Gasteiger partial charge in [-0.15, -0.1) is 0 Å². The second-order valence-electron chi connectivity index (χ2n) is 2.27. The standard InChI is InChI=1S/C8H8N4O/c9-7(13)3-1-2-6-4-11-8(10)12-5-6/h4-5H,3H2,(H2,9,13)(H2,10,11,12). The number of nitrogens with two attached hydrogens (primary N) is 2. The lowest BCUT2D eigenvalue weighted by Gasteiger charge is -1.89. The van der Waals surface area contributed by atoms with E-state index in [0.717, 1.165) is 0 Å². The van der Waals surface area contributed by atoms with E-state index in [9.17, 15) is 4.79 Å². The van der Waals surface area contributed by atoms with Gasteiger partial charge >= 0.3 is 0 Å². The number of anilines is 1. The minimum Gasteiger partial charge on any atom is -0.369 e. The number of nitrogen functional groups attached to an aromatic ring is 1. The quantitative estimate of drug-likeness (QED) is 0.552. The summed E-state index contributed by atoms with van der Waals surface area (Å²) in [5, 5.41) is 0. The summed E-state index contributed by atoms with van der Waals surface area (Å²) in [6, 6.07) is 0. The van der Waals surface area contributed by atoms with Crippen molar-refractivity contribution in [3.63, 3.8) is 0 Å². The van der Waals surface area contributed by atoms with Gasteiger partial charge in [0.2, 0.25) is 11.9 Å². The molecule has 0 radical (unpaired) electrons. The van der Waals surface area contributed by atoms with E-state index in [4.69, 9.17) is 11.5 Å². The van der Waals surface area contributed by atoms with Gasteiger partial charge in [0.05, 0.1) is 12.0 Å². The van der Waals surface area contributed by atoms with Crippen LogP contribution in [0.1, 0.15) is 12.0 Å². The molecule has 1 heterocycles. The van der Waals surface area contributed by atoms with Crippen molar-refractivity contribution in [3.8, 4) is 11.8 Å². The Balaban J connectivity index is 2.67. The lowest BCUT2D eigenvalue weighted by atomic mass is 10.3. The van der Waals surface area contributed by atoms with Crippen molar-refractivity contribution in [2.24, 2.45) is 5.73 Å². The summed E-state index contributed by atoms with van der Waals surface area (Å²) in [6.45, 7) is 0. The predicted molar refractivity (Wildman–Crippen MR) is 47.1 cm³/mol. The van der Waals surface area contributed by atoms with Crippen molar-refractivity contribution < 1.29 is 4.79 Å². The molecule has 0 fully saturated rings. The maximum absolute atomic E-state index is 10.3. The van der Waals surface area contributed by atoms with Gasteiger partial charge in [0.1, 0.15) is 0 Å². The number of carbonyl (C=O) groups excluding carboxylic acids is 1. The molecule has 0 aliphatic carbocycles. The van der Waals surface area contributed by atoms with Crippen molar-refractivity contribution in [1.29, 1.82) is 0 Å². The fourth-order valence-corrected chi connectivity index (χ4v) is 0.636. The number of amides is 1. The van der Waals surface area contributed by atoms with Crippen LogP contribution in [0.25, 0.3) is 0 Å². The summed E-state index contributed by atoms with van der Waals surface area (Å²) in [6.07, 6.45) is 3.00. The Morgan fingerprint density at radius 1 is 1.46 bits per heavy atom. The molecule has 1 aromatic heterocycles. The van der Waals surface area contributed by atoms with E-state index in [1.54, 1.807) is 0 Å². The molecule has 0 aliphatic rings. The molecular weight excluding hydrogens is 168 g/mol. The second kappa shape index (κ2) is 4.07. The van der Waals surface area contributed by atoms with Gasteiger partial charge in [0, 0.05) is 12.4 Å². The van der Waals surface area contributed by atoms with E-state index in [-0.39, 0.29) is 12.4 Å². The highest BCUT2D eigenvalue weighted by molar-refractivity contribution is 5.76. The zero-order valence-corrected chi connectivity index (χ0v) is 6.82. The summed E-state index contributed by atoms with van der Waals surface area (Å²) in [4.78, 5) is 17.8. The minimum absolute atomic E-state index is 0.0321. The third kappa shape index (κ3) is 3.20. The largest absolute Gasteiger partial charge is 0.369 e. The molecule has 0 aliphatic heterocycles. The fourth-order valence-electron chi connectivity index (χ4n) is 0.636. The van der Waals surface area contributed by atoms with Gasteiger partial charge in [-0.05, 0) is 0 Å².